The summed E-state index contributed by atoms with van der Waals surface area (Å²) in [6.45, 7) is 2.23. The highest BCUT2D eigenvalue weighted by molar-refractivity contribution is 5.54. The molecule has 0 aliphatic carbocycles. The molecule has 15 heavy (non-hydrogen) atoms. The van der Waals surface area contributed by atoms with E-state index in [4.69, 9.17) is 0 Å². The summed E-state index contributed by atoms with van der Waals surface area (Å²) >= 11 is 0. The van der Waals surface area contributed by atoms with Gasteiger partial charge in [-0.2, -0.15) is 14.8 Å². The van der Waals surface area contributed by atoms with Gasteiger partial charge in [-0.3, -0.25) is 0 Å². The Hall–Kier alpha value is -1.42. The van der Waals surface area contributed by atoms with Crippen molar-refractivity contribution in [2.24, 2.45) is 0 Å². The van der Waals surface area contributed by atoms with Crippen LogP contribution < -0.4 is 5.32 Å². The number of fused-ring (bicyclic) bond motifs is 1. The number of aromatic nitrogens is 3. The summed E-state index contributed by atoms with van der Waals surface area (Å²) < 4.78 is 1.72. The van der Waals surface area contributed by atoms with Crippen molar-refractivity contribution in [3.8, 4) is 0 Å². The second-order valence-electron chi connectivity index (χ2n) is 4.02. The number of nitrogens with one attached hydrogen (secondary N) is 1. The van der Waals surface area contributed by atoms with Gasteiger partial charge >= 0.3 is 0 Å². The van der Waals surface area contributed by atoms with Crippen LogP contribution in [-0.2, 0) is 0 Å². The molecule has 4 heteroatoms. The zero-order valence-electron chi connectivity index (χ0n) is 8.56. The third kappa shape index (κ3) is 1.51. The van der Waals surface area contributed by atoms with E-state index in [1.807, 2.05) is 12.3 Å². The van der Waals surface area contributed by atoms with E-state index in [0.29, 0.717) is 5.92 Å². The molecule has 4 nitrogen and oxygen atoms in total. The van der Waals surface area contributed by atoms with Crippen molar-refractivity contribution in [1.29, 1.82) is 0 Å². The smallest absolute Gasteiger partial charge is 0.0907 e. The highest BCUT2D eigenvalue weighted by Gasteiger charge is 2.18. The minimum Gasteiger partial charge on any atom is -0.317 e. The molecule has 2 aromatic heterocycles. The van der Waals surface area contributed by atoms with Gasteiger partial charge in [-0.25, -0.2) is 0 Å². The molecule has 0 unspecified atom stereocenters. The van der Waals surface area contributed by atoms with Gasteiger partial charge in [-0.05, 0) is 44.0 Å². The van der Waals surface area contributed by atoms with Gasteiger partial charge in [-0.1, -0.05) is 0 Å². The lowest BCUT2D eigenvalue weighted by Crippen LogP contribution is -2.26. The van der Waals surface area contributed by atoms with E-state index in [0.717, 1.165) is 18.6 Å². The Labute approximate surface area is 88.3 Å². The van der Waals surface area contributed by atoms with Crippen LogP contribution in [0.3, 0.4) is 0 Å². The maximum Gasteiger partial charge on any atom is 0.0907 e. The van der Waals surface area contributed by atoms with Crippen molar-refractivity contribution >= 4 is 5.52 Å². The van der Waals surface area contributed by atoms with Crippen LogP contribution in [0.4, 0.5) is 0 Å². The molecule has 0 bridgehead atoms. The Morgan fingerprint density at radius 2 is 2.13 bits per heavy atom. The largest absolute Gasteiger partial charge is 0.317 e. The fourth-order valence-corrected chi connectivity index (χ4v) is 2.30. The lowest BCUT2D eigenvalue weighted by Gasteiger charge is -2.21. The van der Waals surface area contributed by atoms with E-state index in [1.54, 1.807) is 10.8 Å². The van der Waals surface area contributed by atoms with Crippen LogP contribution in [0, 0.1) is 0 Å². The molecule has 3 rings (SSSR count). The molecule has 1 N–H and O–H groups in total. The molecule has 3 heterocycles. The molecule has 0 aromatic carbocycles. The van der Waals surface area contributed by atoms with E-state index < -0.39 is 0 Å². The molecule has 0 saturated carbocycles. The van der Waals surface area contributed by atoms with Crippen LogP contribution in [-0.4, -0.2) is 27.9 Å². The zero-order chi connectivity index (χ0) is 10.1. The molecule has 1 saturated heterocycles. The van der Waals surface area contributed by atoms with Gasteiger partial charge in [0, 0.05) is 11.8 Å². The Balaban J connectivity index is 2.02. The minimum atomic E-state index is 0.646. The van der Waals surface area contributed by atoms with Crippen LogP contribution in [0.2, 0.25) is 0 Å². The quantitative estimate of drug-likeness (QED) is 0.755. The lowest BCUT2D eigenvalue weighted by molar-refractivity contribution is 0.462. The van der Waals surface area contributed by atoms with Crippen LogP contribution in [0.15, 0.2) is 24.5 Å². The second kappa shape index (κ2) is 3.62. The van der Waals surface area contributed by atoms with Crippen LogP contribution >= 0.6 is 0 Å². The Morgan fingerprint density at radius 3 is 3.00 bits per heavy atom. The molecule has 1 aliphatic rings. The SMILES string of the molecule is c1cnn2ncc(C3CCNCC3)c2c1. The fourth-order valence-electron chi connectivity index (χ4n) is 2.30. The predicted octanol–water partition coefficient (Wildman–Crippen LogP) is 1.20. The molecule has 78 valence electrons. The normalized spacial score (nSPS) is 18.4. The summed E-state index contributed by atoms with van der Waals surface area (Å²) in [7, 11) is 0. The van der Waals surface area contributed by atoms with Gasteiger partial charge in [0.05, 0.1) is 11.7 Å². The van der Waals surface area contributed by atoms with E-state index >= 15 is 0 Å². The van der Waals surface area contributed by atoms with Gasteiger partial charge in [-0.15, -0.1) is 0 Å². The second-order valence-corrected chi connectivity index (χ2v) is 4.02. The standard InChI is InChI=1S/C11H14N4/c1-2-11-10(8-14-15(11)13-5-1)9-3-6-12-7-4-9/h1-2,5,8-9,12H,3-4,6-7H2. The lowest BCUT2D eigenvalue weighted by atomic mass is 9.91. The minimum absolute atomic E-state index is 0.646. The highest BCUT2D eigenvalue weighted by atomic mass is 15.4. The maximum atomic E-state index is 4.28. The molecule has 0 radical (unpaired) electrons. The molecule has 0 atom stereocenters. The molecule has 1 aliphatic heterocycles. The van der Waals surface area contributed by atoms with E-state index in [-0.39, 0.29) is 0 Å². The Bertz CT molecular complexity index is 456. The molecule has 0 spiro atoms. The summed E-state index contributed by atoms with van der Waals surface area (Å²) in [6, 6.07) is 4.07. The topological polar surface area (TPSA) is 42.2 Å². The fraction of sp³-hybridized carbons (Fsp3) is 0.455. The van der Waals surface area contributed by atoms with E-state index in [2.05, 4.69) is 21.6 Å². The highest BCUT2D eigenvalue weighted by Crippen LogP contribution is 2.27. The number of piperidine rings is 1. The first-order valence-electron chi connectivity index (χ1n) is 5.45. The Kier molecular flexibility index (Phi) is 2.14. The summed E-state index contributed by atoms with van der Waals surface area (Å²) in [5.74, 6) is 0.646. The van der Waals surface area contributed by atoms with Gasteiger partial charge < -0.3 is 5.32 Å². The number of nitrogens with zero attached hydrogens (tertiary/aromatic N) is 3. The first-order chi connectivity index (χ1) is 7.45. The predicted molar refractivity (Wildman–Crippen MR) is 57.8 cm³/mol. The summed E-state index contributed by atoms with van der Waals surface area (Å²) in [6.07, 6.45) is 6.15. The third-order valence-electron chi connectivity index (χ3n) is 3.11. The van der Waals surface area contributed by atoms with E-state index in [9.17, 15) is 0 Å². The van der Waals surface area contributed by atoms with Crippen molar-refractivity contribution in [3.05, 3.63) is 30.1 Å². The van der Waals surface area contributed by atoms with Crippen LogP contribution in [0.25, 0.3) is 5.52 Å². The molecular weight excluding hydrogens is 188 g/mol. The van der Waals surface area contributed by atoms with Crippen LogP contribution in [0.1, 0.15) is 24.3 Å². The summed E-state index contributed by atoms with van der Waals surface area (Å²) in [4.78, 5) is 0. The molecule has 1 fully saturated rings. The van der Waals surface area contributed by atoms with Gasteiger partial charge in [0.15, 0.2) is 0 Å². The van der Waals surface area contributed by atoms with Gasteiger partial charge in [0.1, 0.15) is 0 Å². The van der Waals surface area contributed by atoms with Crippen LogP contribution in [0.5, 0.6) is 0 Å². The van der Waals surface area contributed by atoms with Crippen molar-refractivity contribution in [3.63, 3.8) is 0 Å². The first-order valence-corrected chi connectivity index (χ1v) is 5.45. The first kappa shape index (κ1) is 8.85. The molecule has 2 aromatic rings. The number of hydrogen-bond acceptors (Lipinski definition) is 3. The number of hydrogen-bond donors (Lipinski definition) is 1. The van der Waals surface area contributed by atoms with Gasteiger partial charge in [0.25, 0.3) is 0 Å². The molecule has 0 amide bonds. The van der Waals surface area contributed by atoms with Crippen molar-refractivity contribution < 1.29 is 0 Å². The van der Waals surface area contributed by atoms with E-state index in [1.165, 1.54) is 18.4 Å². The van der Waals surface area contributed by atoms with Crippen molar-refractivity contribution in [2.45, 2.75) is 18.8 Å². The van der Waals surface area contributed by atoms with Gasteiger partial charge in [0.2, 0.25) is 0 Å². The third-order valence-corrected chi connectivity index (χ3v) is 3.11. The number of rotatable bonds is 1. The monoisotopic (exact) mass is 202 g/mol. The van der Waals surface area contributed by atoms with Crippen molar-refractivity contribution in [1.82, 2.24) is 20.1 Å². The average Bonchev–Trinajstić information content (AvgIpc) is 2.74. The van der Waals surface area contributed by atoms with Crippen molar-refractivity contribution in [2.75, 3.05) is 13.1 Å². The molecular formula is C11H14N4. The summed E-state index contributed by atoms with van der Waals surface area (Å²) in [5.41, 5.74) is 2.51. The zero-order valence-corrected chi connectivity index (χ0v) is 8.56. The average molecular weight is 202 g/mol. The maximum absolute atomic E-state index is 4.28. The summed E-state index contributed by atoms with van der Waals surface area (Å²) in [5, 5.41) is 11.8. The Morgan fingerprint density at radius 1 is 1.27 bits per heavy atom.